The Bertz CT molecular complexity index is 387. The third-order valence-corrected chi connectivity index (χ3v) is 8.73. The molecule has 1 aliphatic rings. The van der Waals surface area contributed by atoms with Crippen LogP contribution in [0.4, 0.5) is 0 Å². The molecule has 0 bridgehead atoms. The van der Waals surface area contributed by atoms with Gasteiger partial charge in [0.2, 0.25) is 8.32 Å². The van der Waals surface area contributed by atoms with E-state index in [0.717, 1.165) is 5.75 Å². The molecule has 0 saturated carbocycles. The van der Waals surface area contributed by atoms with E-state index in [1.54, 1.807) is 0 Å². The van der Waals surface area contributed by atoms with E-state index in [2.05, 4.69) is 46.0 Å². The zero-order chi connectivity index (χ0) is 12.7. The van der Waals surface area contributed by atoms with Gasteiger partial charge < -0.3 is 29.2 Å². The molecule has 0 unspecified atom stereocenters. The van der Waals surface area contributed by atoms with E-state index >= 15 is 0 Å². The molecule has 1 radical (unpaired) electrons. The van der Waals surface area contributed by atoms with Crippen molar-refractivity contribution in [2.24, 2.45) is 0 Å². The van der Waals surface area contributed by atoms with Crippen LogP contribution in [-0.2, 0) is 39.0 Å². The first-order chi connectivity index (χ1) is 7.79. The minimum Gasteiger partial charge on any atom is -1.00 e. The molecule has 20 heavy (non-hydrogen) atoms. The van der Waals surface area contributed by atoms with Gasteiger partial charge in [-0.2, -0.15) is 17.2 Å². The van der Waals surface area contributed by atoms with Gasteiger partial charge in [-0.15, -0.1) is 6.07 Å². The molecule has 1 aliphatic carbocycles. The molecule has 0 amide bonds. The van der Waals surface area contributed by atoms with Crippen LogP contribution in [0.5, 0.6) is 5.75 Å². The van der Waals surface area contributed by atoms with Crippen LogP contribution in [0.1, 0.15) is 44.7 Å². The molecular weight excluding hydrogens is 386 g/mol. The third-order valence-electron chi connectivity index (χ3n) is 4.37. The second kappa shape index (κ2) is 8.46. The van der Waals surface area contributed by atoms with Gasteiger partial charge in [0.05, 0.1) is 0 Å². The van der Waals surface area contributed by atoms with E-state index in [-0.39, 0.29) is 56.1 Å². The summed E-state index contributed by atoms with van der Waals surface area (Å²) in [6.45, 7) is 11.5. The molecule has 2 rings (SSSR count). The number of fused-ring (bicyclic) bond motifs is 1. The van der Waals surface area contributed by atoms with Crippen molar-refractivity contribution in [3.8, 4) is 5.75 Å². The van der Waals surface area contributed by atoms with Crippen molar-refractivity contribution in [2.75, 3.05) is 0 Å². The maximum Gasteiger partial charge on any atom is 3.00 e. The second-order valence-corrected chi connectivity index (χ2v) is 11.5. The van der Waals surface area contributed by atoms with Gasteiger partial charge in [-0.3, -0.25) is 0 Å². The zero-order valence-corrected chi connectivity index (χ0v) is 18.1. The fourth-order valence-corrected chi connectivity index (χ4v) is 3.19. The molecule has 0 aliphatic heterocycles. The van der Waals surface area contributed by atoms with Gasteiger partial charge in [0.15, 0.2) is 0 Å². The Morgan fingerprint density at radius 3 is 2.15 bits per heavy atom. The van der Waals surface area contributed by atoms with Gasteiger partial charge in [0.25, 0.3) is 0 Å². The first-order valence-electron chi connectivity index (χ1n) is 6.77. The summed E-state index contributed by atoms with van der Waals surface area (Å²) in [4.78, 5) is 0. The fourth-order valence-electron chi connectivity index (χ4n) is 2.17. The maximum atomic E-state index is 6.36. The summed E-state index contributed by atoms with van der Waals surface area (Å²) in [6, 6.07) is 4.57. The van der Waals surface area contributed by atoms with Crippen LogP contribution in [0.2, 0.25) is 18.1 Å². The Morgan fingerprint density at radius 2 is 1.65 bits per heavy atom. The van der Waals surface area contributed by atoms with E-state index in [1.165, 1.54) is 36.8 Å². The molecule has 5 heteroatoms. The van der Waals surface area contributed by atoms with Gasteiger partial charge in [-0.05, 0) is 23.9 Å². The summed E-state index contributed by atoms with van der Waals surface area (Å²) < 4.78 is 6.36. The smallest absolute Gasteiger partial charge is 1.00 e. The molecule has 0 N–H and O–H groups in total. The van der Waals surface area contributed by atoms with E-state index in [1.807, 2.05) is 0 Å². The Morgan fingerprint density at radius 1 is 1.10 bits per heavy atom. The summed E-state index contributed by atoms with van der Waals surface area (Å²) in [6.07, 6.45) is 5.18. The quantitative estimate of drug-likeness (QED) is 0.433. The van der Waals surface area contributed by atoms with Crippen molar-refractivity contribution in [1.29, 1.82) is 0 Å². The SMILES string of the molecule is CC(C)(C)[Si](C)(C)Oc1cc2c([cH-]1)CCCC2.[Cl-].[Cl-].[Zr+3]. The summed E-state index contributed by atoms with van der Waals surface area (Å²) in [5.41, 5.74) is 3.06. The normalized spacial score (nSPS) is 14.2. The van der Waals surface area contributed by atoms with Crippen molar-refractivity contribution in [3.63, 3.8) is 0 Å². The number of aryl methyl sites for hydroxylation is 2. The van der Waals surface area contributed by atoms with Crippen molar-refractivity contribution in [1.82, 2.24) is 0 Å². The number of hydrogen-bond donors (Lipinski definition) is 0. The average molecular weight is 412 g/mol. The standard InChI is InChI=1S/C15H25OSi.2ClH.Zr/c1-15(2,3)17(4,5)16-14-10-12-8-6-7-9-13(12)11-14;;;/h10-11H,6-9H2,1-5H3;2*1H;/q-1;;;+3/p-2. The zero-order valence-electron chi connectivity index (χ0n) is 13.1. The first kappa shape index (κ1) is 23.1. The molecule has 113 valence electrons. The molecule has 0 atom stereocenters. The minimum absolute atomic E-state index is 0. The van der Waals surface area contributed by atoms with Crippen molar-refractivity contribution >= 4 is 8.32 Å². The molecule has 1 nitrogen and oxygen atoms in total. The van der Waals surface area contributed by atoms with Crippen LogP contribution in [0.25, 0.3) is 0 Å². The summed E-state index contributed by atoms with van der Waals surface area (Å²) in [5, 5.41) is 0.283. The average Bonchev–Trinajstić information content (AvgIpc) is 2.56. The first-order valence-corrected chi connectivity index (χ1v) is 9.68. The monoisotopic (exact) mass is 409 g/mol. The van der Waals surface area contributed by atoms with E-state index < -0.39 is 8.32 Å². The van der Waals surface area contributed by atoms with Crippen LogP contribution in [-0.4, -0.2) is 8.32 Å². The van der Waals surface area contributed by atoms with Crippen LogP contribution in [0.3, 0.4) is 0 Å². The maximum absolute atomic E-state index is 6.36. The van der Waals surface area contributed by atoms with Crippen LogP contribution in [0, 0.1) is 0 Å². The van der Waals surface area contributed by atoms with Crippen molar-refractivity contribution < 1.29 is 55.4 Å². The predicted molar refractivity (Wildman–Crippen MR) is 76.5 cm³/mol. The molecule has 0 aromatic heterocycles. The molecule has 0 heterocycles. The molecular formula is C15H25Cl2OSiZr. The van der Waals surface area contributed by atoms with E-state index in [0.29, 0.717) is 0 Å². The topological polar surface area (TPSA) is 9.23 Å². The molecule has 1 aromatic carbocycles. The van der Waals surface area contributed by atoms with Crippen LogP contribution >= 0.6 is 0 Å². The number of halogens is 2. The van der Waals surface area contributed by atoms with Crippen LogP contribution in [0.15, 0.2) is 12.1 Å². The minimum atomic E-state index is -1.66. The molecule has 1 aromatic rings. The summed E-state index contributed by atoms with van der Waals surface area (Å²) in [5.74, 6) is 1.13. The third kappa shape index (κ3) is 5.23. The summed E-state index contributed by atoms with van der Waals surface area (Å²) in [7, 11) is -1.66. The van der Waals surface area contributed by atoms with Gasteiger partial charge in [-0.25, -0.2) is 0 Å². The number of hydrogen-bond acceptors (Lipinski definition) is 1. The summed E-state index contributed by atoms with van der Waals surface area (Å²) >= 11 is 0. The predicted octanol–water partition coefficient (Wildman–Crippen LogP) is -1.33. The number of rotatable bonds is 2. The van der Waals surface area contributed by atoms with Crippen LogP contribution < -0.4 is 29.2 Å². The molecule has 0 spiro atoms. The molecule has 0 saturated heterocycles. The van der Waals surface area contributed by atoms with Crippen molar-refractivity contribution in [3.05, 3.63) is 23.3 Å². The Balaban J connectivity index is 0. The van der Waals surface area contributed by atoms with Gasteiger partial charge in [-0.1, -0.05) is 46.5 Å². The van der Waals surface area contributed by atoms with Gasteiger partial charge in [0, 0.05) is 0 Å². The Hall–Kier alpha value is 0.830. The van der Waals surface area contributed by atoms with Gasteiger partial charge >= 0.3 is 26.2 Å². The van der Waals surface area contributed by atoms with Gasteiger partial charge in [0.1, 0.15) is 0 Å². The van der Waals surface area contributed by atoms with E-state index in [9.17, 15) is 0 Å². The second-order valence-electron chi connectivity index (χ2n) is 6.81. The Kier molecular flexibility index (Phi) is 9.77. The van der Waals surface area contributed by atoms with Crippen molar-refractivity contribution in [2.45, 2.75) is 64.6 Å². The molecule has 0 fully saturated rings. The van der Waals surface area contributed by atoms with E-state index in [4.69, 9.17) is 4.43 Å². The Labute approximate surface area is 156 Å². The largest absolute Gasteiger partial charge is 3.00 e. The fraction of sp³-hybridized carbons (Fsp3) is 0.667.